The van der Waals surface area contributed by atoms with Crippen LogP contribution in [0.4, 0.5) is 17.1 Å². The van der Waals surface area contributed by atoms with E-state index >= 15 is 0 Å². The van der Waals surface area contributed by atoms with Gasteiger partial charge in [-0.25, -0.2) is 0 Å². The number of rotatable bonds is 6. The van der Waals surface area contributed by atoms with Crippen molar-refractivity contribution < 1.29 is 8.83 Å². The lowest BCUT2D eigenvalue weighted by molar-refractivity contribution is 0.662. The molecular formula is C61H41NO2. The number of nitrogens with zero attached hydrogens (tertiary/aromatic N) is 1. The van der Waals surface area contributed by atoms with E-state index in [2.05, 4.69) is 219 Å². The van der Waals surface area contributed by atoms with Gasteiger partial charge in [0, 0.05) is 43.9 Å². The molecule has 0 N–H and O–H groups in total. The summed E-state index contributed by atoms with van der Waals surface area (Å²) in [6.45, 7) is 4.72. The van der Waals surface area contributed by atoms with Gasteiger partial charge in [-0.15, -0.1) is 0 Å². The van der Waals surface area contributed by atoms with Crippen LogP contribution in [0.3, 0.4) is 0 Å². The Morgan fingerprint density at radius 1 is 0.359 bits per heavy atom. The van der Waals surface area contributed by atoms with Crippen LogP contribution in [0, 0.1) is 0 Å². The fraction of sp³-hybridized carbons (Fsp3) is 0.0492. The Kier molecular flexibility index (Phi) is 7.95. The van der Waals surface area contributed by atoms with E-state index in [0.717, 1.165) is 83.2 Å². The Morgan fingerprint density at radius 3 is 1.75 bits per heavy atom. The summed E-state index contributed by atoms with van der Waals surface area (Å²) in [6.07, 6.45) is 0. The van der Waals surface area contributed by atoms with Gasteiger partial charge >= 0.3 is 0 Å². The predicted molar refractivity (Wildman–Crippen MR) is 267 cm³/mol. The first-order valence-corrected chi connectivity index (χ1v) is 22.1. The number of hydrogen-bond acceptors (Lipinski definition) is 3. The Hall–Kier alpha value is -8.14. The van der Waals surface area contributed by atoms with Crippen molar-refractivity contribution in [1.82, 2.24) is 0 Å². The van der Waals surface area contributed by atoms with Crippen LogP contribution >= 0.6 is 0 Å². The summed E-state index contributed by atoms with van der Waals surface area (Å²) in [4.78, 5) is 2.40. The molecule has 0 fully saturated rings. The maximum absolute atomic E-state index is 6.59. The number of hydrogen-bond donors (Lipinski definition) is 0. The molecule has 0 saturated heterocycles. The fourth-order valence-corrected chi connectivity index (χ4v) is 10.6. The van der Waals surface area contributed by atoms with Crippen molar-refractivity contribution >= 4 is 71.7 Å². The first kappa shape index (κ1) is 36.5. The minimum absolute atomic E-state index is 0.118. The Labute approximate surface area is 371 Å². The second-order valence-electron chi connectivity index (χ2n) is 17.6. The minimum atomic E-state index is -0.118. The molecule has 2 aromatic heterocycles. The molecule has 0 amide bonds. The van der Waals surface area contributed by atoms with E-state index in [1.165, 1.54) is 44.2 Å². The van der Waals surface area contributed by atoms with Crippen LogP contribution in [-0.2, 0) is 5.41 Å². The molecule has 0 aliphatic heterocycles. The molecule has 2 heterocycles. The lowest BCUT2D eigenvalue weighted by Gasteiger charge is -2.29. The second-order valence-corrected chi connectivity index (χ2v) is 17.6. The first-order valence-electron chi connectivity index (χ1n) is 22.1. The van der Waals surface area contributed by atoms with Gasteiger partial charge in [0.1, 0.15) is 22.3 Å². The number of furan rings is 2. The zero-order chi connectivity index (χ0) is 42.5. The highest BCUT2D eigenvalue weighted by atomic mass is 16.3. The molecule has 10 aromatic carbocycles. The number of para-hydroxylation sites is 2. The molecule has 0 atom stereocenters. The van der Waals surface area contributed by atoms with Crippen LogP contribution < -0.4 is 4.90 Å². The third kappa shape index (κ3) is 5.54. The molecule has 0 saturated carbocycles. The maximum atomic E-state index is 6.59. The van der Waals surface area contributed by atoms with E-state index in [1.54, 1.807) is 0 Å². The Morgan fingerprint density at radius 2 is 0.922 bits per heavy atom. The summed E-state index contributed by atoms with van der Waals surface area (Å²) in [6, 6.07) is 76.7. The molecule has 3 nitrogen and oxygen atoms in total. The number of benzene rings is 10. The molecule has 1 aliphatic rings. The highest BCUT2D eigenvalue weighted by molar-refractivity contribution is 6.16. The quantitative estimate of drug-likeness (QED) is 0.167. The van der Waals surface area contributed by atoms with Crippen molar-refractivity contribution in [2.24, 2.45) is 0 Å². The van der Waals surface area contributed by atoms with E-state index in [-0.39, 0.29) is 5.41 Å². The topological polar surface area (TPSA) is 29.5 Å². The molecule has 12 aromatic rings. The Bertz CT molecular complexity index is 3810. The van der Waals surface area contributed by atoms with Crippen LogP contribution in [0.15, 0.2) is 221 Å². The summed E-state index contributed by atoms with van der Waals surface area (Å²) in [5, 5.41) is 6.85. The van der Waals surface area contributed by atoms with Crippen molar-refractivity contribution in [1.29, 1.82) is 0 Å². The predicted octanol–water partition coefficient (Wildman–Crippen LogP) is 17.4. The van der Waals surface area contributed by atoms with Gasteiger partial charge in [-0.1, -0.05) is 159 Å². The van der Waals surface area contributed by atoms with Crippen molar-refractivity contribution in [3.05, 3.63) is 223 Å². The van der Waals surface area contributed by atoms with Crippen molar-refractivity contribution in [3.63, 3.8) is 0 Å². The van der Waals surface area contributed by atoms with Gasteiger partial charge in [0.2, 0.25) is 0 Å². The van der Waals surface area contributed by atoms with Gasteiger partial charge in [-0.05, 0) is 128 Å². The fourth-order valence-electron chi connectivity index (χ4n) is 10.6. The molecule has 0 unspecified atom stereocenters. The zero-order valence-electron chi connectivity index (χ0n) is 35.5. The van der Waals surface area contributed by atoms with Crippen LogP contribution in [0.2, 0.25) is 0 Å². The molecule has 1 aliphatic carbocycles. The Balaban J connectivity index is 0.965. The molecule has 64 heavy (non-hydrogen) atoms. The largest absolute Gasteiger partial charge is 0.456 e. The normalized spacial score (nSPS) is 13.0. The minimum Gasteiger partial charge on any atom is -0.456 e. The summed E-state index contributed by atoms with van der Waals surface area (Å²) >= 11 is 0. The lowest BCUT2D eigenvalue weighted by Crippen LogP contribution is -2.16. The third-order valence-electron chi connectivity index (χ3n) is 13.7. The van der Waals surface area contributed by atoms with Gasteiger partial charge < -0.3 is 13.7 Å². The summed E-state index contributed by atoms with van der Waals surface area (Å²) in [5.41, 5.74) is 19.0. The van der Waals surface area contributed by atoms with E-state index in [4.69, 9.17) is 8.83 Å². The maximum Gasteiger partial charge on any atom is 0.136 e. The average molecular weight is 820 g/mol. The van der Waals surface area contributed by atoms with Crippen LogP contribution in [0.5, 0.6) is 0 Å². The zero-order valence-corrected chi connectivity index (χ0v) is 35.5. The van der Waals surface area contributed by atoms with Crippen LogP contribution in [-0.4, -0.2) is 0 Å². The first-order chi connectivity index (χ1) is 31.5. The van der Waals surface area contributed by atoms with Crippen molar-refractivity contribution in [3.8, 4) is 44.5 Å². The molecule has 0 bridgehead atoms. The van der Waals surface area contributed by atoms with Gasteiger partial charge in [-0.2, -0.15) is 0 Å². The highest BCUT2D eigenvalue weighted by Crippen LogP contribution is 2.52. The third-order valence-corrected chi connectivity index (χ3v) is 13.7. The molecule has 0 radical (unpaired) electrons. The number of anilines is 3. The molecule has 302 valence electrons. The van der Waals surface area contributed by atoms with Gasteiger partial charge in [0.15, 0.2) is 0 Å². The standard InChI is InChI=1S/C61H41NO2/c1-61(2)53-21-8-5-15-46(53)51-20-11-18-45(60(51)61)39-27-32-44(33-28-39)62(43-30-25-38(26-31-43)42-29-34-49-48-17-7-10-23-55(48)63-57(49)37-42)54-22-9-6-16-47(54)50-19-12-24-56-59(50)52-35-40-13-3-4-14-41(40)36-58(52)64-56/h3-37H,1-2H3. The van der Waals surface area contributed by atoms with E-state index in [1.807, 2.05) is 12.1 Å². The van der Waals surface area contributed by atoms with Crippen molar-refractivity contribution in [2.45, 2.75) is 19.3 Å². The summed E-state index contributed by atoms with van der Waals surface area (Å²) in [5.74, 6) is 0. The smallest absolute Gasteiger partial charge is 0.136 e. The van der Waals surface area contributed by atoms with E-state index in [0.29, 0.717) is 0 Å². The summed E-state index contributed by atoms with van der Waals surface area (Å²) in [7, 11) is 0. The second kappa shape index (κ2) is 13.9. The monoisotopic (exact) mass is 819 g/mol. The molecule has 13 rings (SSSR count). The molecular weight excluding hydrogens is 779 g/mol. The summed E-state index contributed by atoms with van der Waals surface area (Å²) < 4.78 is 12.9. The van der Waals surface area contributed by atoms with Crippen molar-refractivity contribution in [2.75, 3.05) is 4.90 Å². The van der Waals surface area contributed by atoms with Gasteiger partial charge in [0.05, 0.1) is 5.69 Å². The SMILES string of the molecule is CC1(C)c2ccccc2-c2cccc(-c3ccc(N(c4ccc(-c5ccc6c(c5)oc5ccccc56)cc4)c4ccccc4-c4cccc5oc6cc7ccccc7cc6c45)cc3)c21. The lowest BCUT2D eigenvalue weighted by atomic mass is 9.79. The van der Waals surface area contributed by atoms with Gasteiger partial charge in [-0.3, -0.25) is 0 Å². The highest BCUT2D eigenvalue weighted by Gasteiger charge is 2.37. The van der Waals surface area contributed by atoms with Crippen LogP contribution in [0.1, 0.15) is 25.0 Å². The van der Waals surface area contributed by atoms with E-state index < -0.39 is 0 Å². The van der Waals surface area contributed by atoms with E-state index in [9.17, 15) is 0 Å². The average Bonchev–Trinajstić information content (AvgIpc) is 3.98. The van der Waals surface area contributed by atoms with Crippen LogP contribution in [0.25, 0.3) is 99.2 Å². The molecule has 0 spiro atoms. The molecule has 3 heteroatoms. The number of fused-ring (bicyclic) bond motifs is 10. The van der Waals surface area contributed by atoms with Gasteiger partial charge in [0.25, 0.3) is 0 Å².